The van der Waals surface area contributed by atoms with Crippen molar-refractivity contribution < 1.29 is 19.0 Å². The van der Waals surface area contributed by atoms with Crippen LogP contribution in [0.2, 0.25) is 0 Å². The first-order chi connectivity index (χ1) is 13.5. The molecule has 0 spiro atoms. The summed E-state index contributed by atoms with van der Waals surface area (Å²) >= 11 is 0. The summed E-state index contributed by atoms with van der Waals surface area (Å²) in [7, 11) is 3.16. The zero-order valence-corrected chi connectivity index (χ0v) is 17.4. The Morgan fingerprint density at radius 1 is 0.966 bits per heavy atom. The monoisotopic (exact) mass is 418 g/mol. The molecule has 8 nitrogen and oxygen atoms in total. The first kappa shape index (κ1) is 22.0. The Hall–Kier alpha value is -3.26. The van der Waals surface area contributed by atoms with Crippen molar-refractivity contribution in [2.45, 2.75) is 20.0 Å². The molecule has 2 aromatic carbocycles. The molecule has 3 rings (SSSR count). The summed E-state index contributed by atoms with van der Waals surface area (Å²) in [5.74, 6) is 1.82. The molecule has 1 aromatic heterocycles. The molecular weight excluding hydrogens is 396 g/mol. The van der Waals surface area contributed by atoms with Crippen LogP contribution in [-0.4, -0.2) is 36.4 Å². The number of carbonyl (C=O) groups excluding carboxylic acids is 1. The number of anilines is 3. The van der Waals surface area contributed by atoms with Gasteiger partial charge in [0.1, 0.15) is 12.1 Å². The van der Waals surface area contributed by atoms with E-state index < -0.39 is 6.09 Å². The zero-order valence-electron chi connectivity index (χ0n) is 16.6. The molecule has 0 saturated heterocycles. The van der Waals surface area contributed by atoms with Gasteiger partial charge in [-0.15, -0.1) is 12.4 Å². The van der Waals surface area contributed by atoms with Crippen LogP contribution in [0.15, 0.2) is 42.7 Å². The van der Waals surface area contributed by atoms with Crippen molar-refractivity contribution in [1.82, 2.24) is 9.97 Å². The molecule has 0 radical (unpaired) electrons. The van der Waals surface area contributed by atoms with E-state index in [1.54, 1.807) is 46.3 Å². The van der Waals surface area contributed by atoms with Crippen molar-refractivity contribution in [3.05, 3.63) is 42.7 Å². The second kappa shape index (κ2) is 9.79. The van der Waals surface area contributed by atoms with E-state index in [4.69, 9.17) is 14.2 Å². The molecule has 0 bridgehead atoms. The highest BCUT2D eigenvalue weighted by molar-refractivity contribution is 5.93. The van der Waals surface area contributed by atoms with E-state index in [0.717, 1.165) is 16.6 Å². The average Bonchev–Trinajstić information content (AvgIpc) is 2.68. The van der Waals surface area contributed by atoms with Crippen LogP contribution in [0.4, 0.5) is 22.0 Å². The standard InChI is InChI=1S/C20H22N4O4.ClH/c1-12(2)28-20(25)24-14-7-5-13(6-8-14)23-19-15-9-17(26-3)18(27-4)10-16(15)21-11-22-19;/h5-12H,1-4H3,(H,24,25)(H,21,22,23);1H. The first-order valence-corrected chi connectivity index (χ1v) is 8.71. The van der Waals surface area contributed by atoms with Crippen LogP contribution in [0, 0.1) is 0 Å². The second-order valence-electron chi connectivity index (χ2n) is 6.23. The van der Waals surface area contributed by atoms with Gasteiger partial charge in [-0.25, -0.2) is 14.8 Å². The molecule has 0 aliphatic rings. The number of rotatable bonds is 6. The molecule has 29 heavy (non-hydrogen) atoms. The lowest BCUT2D eigenvalue weighted by Crippen LogP contribution is -2.17. The Morgan fingerprint density at radius 3 is 2.21 bits per heavy atom. The Balaban J connectivity index is 0.00000300. The lowest BCUT2D eigenvalue weighted by Gasteiger charge is -2.13. The molecule has 2 N–H and O–H groups in total. The lowest BCUT2D eigenvalue weighted by atomic mass is 10.2. The van der Waals surface area contributed by atoms with Gasteiger partial charge in [-0.2, -0.15) is 0 Å². The minimum Gasteiger partial charge on any atom is -0.493 e. The predicted molar refractivity (Wildman–Crippen MR) is 115 cm³/mol. The van der Waals surface area contributed by atoms with Crippen molar-refractivity contribution in [2.24, 2.45) is 0 Å². The van der Waals surface area contributed by atoms with E-state index in [0.29, 0.717) is 23.0 Å². The van der Waals surface area contributed by atoms with Crippen molar-refractivity contribution >= 4 is 46.6 Å². The topological polar surface area (TPSA) is 94.6 Å². The van der Waals surface area contributed by atoms with E-state index in [2.05, 4.69) is 20.6 Å². The van der Waals surface area contributed by atoms with Crippen LogP contribution >= 0.6 is 12.4 Å². The van der Waals surface area contributed by atoms with E-state index in [9.17, 15) is 4.79 Å². The largest absolute Gasteiger partial charge is 0.493 e. The first-order valence-electron chi connectivity index (χ1n) is 8.71. The zero-order chi connectivity index (χ0) is 20.1. The number of halogens is 1. The number of benzene rings is 2. The quantitative estimate of drug-likeness (QED) is 0.595. The Kier molecular flexibility index (Phi) is 7.44. The minimum absolute atomic E-state index is 0. The number of hydrogen-bond acceptors (Lipinski definition) is 7. The highest BCUT2D eigenvalue weighted by Gasteiger charge is 2.11. The van der Waals surface area contributed by atoms with Gasteiger partial charge in [0.05, 0.1) is 25.8 Å². The van der Waals surface area contributed by atoms with Crippen LogP contribution in [0.25, 0.3) is 10.9 Å². The SMILES string of the molecule is COc1cc2ncnc(Nc3ccc(NC(=O)OC(C)C)cc3)c2cc1OC.Cl. The van der Waals surface area contributed by atoms with E-state index in [-0.39, 0.29) is 18.5 Å². The summed E-state index contributed by atoms with van der Waals surface area (Å²) in [5, 5.41) is 6.73. The molecule has 1 heterocycles. The van der Waals surface area contributed by atoms with Crippen LogP contribution in [0.5, 0.6) is 11.5 Å². The molecule has 0 aliphatic heterocycles. The van der Waals surface area contributed by atoms with Crippen LogP contribution < -0.4 is 20.1 Å². The second-order valence-corrected chi connectivity index (χ2v) is 6.23. The van der Waals surface area contributed by atoms with Gasteiger partial charge in [0.2, 0.25) is 0 Å². The fraction of sp³-hybridized carbons (Fsp3) is 0.250. The number of ether oxygens (including phenoxy) is 3. The van der Waals surface area contributed by atoms with Crippen molar-refractivity contribution in [3.63, 3.8) is 0 Å². The molecule has 0 fully saturated rings. The maximum atomic E-state index is 11.7. The summed E-state index contributed by atoms with van der Waals surface area (Å²) in [6.45, 7) is 3.59. The van der Waals surface area contributed by atoms with Gasteiger partial charge in [-0.1, -0.05) is 0 Å². The number of methoxy groups -OCH3 is 2. The maximum Gasteiger partial charge on any atom is 0.411 e. The highest BCUT2D eigenvalue weighted by Crippen LogP contribution is 2.34. The molecule has 9 heteroatoms. The smallest absolute Gasteiger partial charge is 0.411 e. The van der Waals surface area contributed by atoms with Gasteiger partial charge >= 0.3 is 6.09 Å². The van der Waals surface area contributed by atoms with Crippen molar-refractivity contribution in [2.75, 3.05) is 24.9 Å². The molecule has 0 aliphatic carbocycles. The summed E-state index contributed by atoms with van der Waals surface area (Å²) in [6.07, 6.45) is 0.815. The minimum atomic E-state index is -0.487. The molecule has 0 unspecified atom stereocenters. The fourth-order valence-corrected chi connectivity index (χ4v) is 2.62. The van der Waals surface area contributed by atoms with Gasteiger partial charge in [-0.3, -0.25) is 5.32 Å². The molecule has 0 atom stereocenters. The van der Waals surface area contributed by atoms with Crippen molar-refractivity contribution in [3.8, 4) is 11.5 Å². The Morgan fingerprint density at radius 2 is 1.59 bits per heavy atom. The number of carbonyl (C=O) groups is 1. The third kappa shape index (κ3) is 5.39. The van der Waals surface area contributed by atoms with E-state index in [1.165, 1.54) is 6.33 Å². The van der Waals surface area contributed by atoms with Crippen LogP contribution in [-0.2, 0) is 4.74 Å². The summed E-state index contributed by atoms with van der Waals surface area (Å²) in [5.41, 5.74) is 2.16. The lowest BCUT2D eigenvalue weighted by molar-refractivity contribution is 0.130. The van der Waals surface area contributed by atoms with Gasteiger partial charge in [0.25, 0.3) is 0 Å². The molecule has 154 valence electrons. The van der Waals surface area contributed by atoms with Gasteiger partial charge < -0.3 is 19.5 Å². The third-order valence-electron chi connectivity index (χ3n) is 3.88. The van der Waals surface area contributed by atoms with Crippen molar-refractivity contribution in [1.29, 1.82) is 0 Å². The van der Waals surface area contributed by atoms with Gasteiger partial charge in [-0.05, 0) is 44.2 Å². The maximum absolute atomic E-state index is 11.7. The number of fused-ring (bicyclic) bond motifs is 1. The fourth-order valence-electron chi connectivity index (χ4n) is 2.62. The Bertz CT molecular complexity index is 980. The van der Waals surface area contributed by atoms with Crippen LogP contribution in [0.1, 0.15) is 13.8 Å². The van der Waals surface area contributed by atoms with E-state index in [1.807, 2.05) is 18.2 Å². The van der Waals surface area contributed by atoms with Gasteiger partial charge in [0, 0.05) is 22.8 Å². The highest BCUT2D eigenvalue weighted by atomic mass is 35.5. The number of nitrogens with one attached hydrogen (secondary N) is 2. The normalized spacial score (nSPS) is 10.2. The summed E-state index contributed by atoms with van der Waals surface area (Å²) in [6, 6.07) is 10.8. The number of aromatic nitrogens is 2. The number of nitrogens with zero attached hydrogens (tertiary/aromatic N) is 2. The summed E-state index contributed by atoms with van der Waals surface area (Å²) in [4.78, 5) is 20.3. The predicted octanol–water partition coefficient (Wildman–Crippen LogP) is 4.77. The average molecular weight is 419 g/mol. The number of hydrogen-bond donors (Lipinski definition) is 2. The van der Waals surface area contributed by atoms with E-state index >= 15 is 0 Å². The van der Waals surface area contributed by atoms with Crippen LogP contribution in [0.3, 0.4) is 0 Å². The Labute approximate surface area is 175 Å². The number of amides is 1. The molecule has 1 amide bonds. The molecular formula is C20H23ClN4O4. The van der Waals surface area contributed by atoms with Gasteiger partial charge in [0.15, 0.2) is 11.5 Å². The summed E-state index contributed by atoms with van der Waals surface area (Å²) < 4.78 is 15.8. The molecule has 3 aromatic rings. The third-order valence-corrected chi connectivity index (χ3v) is 3.88. The molecule has 0 saturated carbocycles.